The van der Waals surface area contributed by atoms with Crippen molar-refractivity contribution in [3.63, 3.8) is 0 Å². The molecule has 10 nitrogen and oxygen atoms in total. The van der Waals surface area contributed by atoms with Crippen LogP contribution in [0, 0.1) is 0 Å². The van der Waals surface area contributed by atoms with Gasteiger partial charge in [0.05, 0.1) is 16.1 Å². The molecule has 0 saturated carbocycles. The van der Waals surface area contributed by atoms with Gasteiger partial charge in [-0.15, -0.1) is 11.3 Å². The number of nitrogens with zero attached hydrogens (tertiary/aromatic N) is 4. The van der Waals surface area contributed by atoms with Crippen molar-refractivity contribution in [2.24, 2.45) is 0 Å². The summed E-state index contributed by atoms with van der Waals surface area (Å²) < 4.78 is 1.08. The van der Waals surface area contributed by atoms with Crippen molar-refractivity contribution in [3.05, 3.63) is 72.7 Å². The highest BCUT2D eigenvalue weighted by molar-refractivity contribution is 7.22. The molecule has 1 aliphatic rings. The minimum Gasteiger partial charge on any atom is -0.377 e. The lowest BCUT2D eigenvalue weighted by Gasteiger charge is -2.33. The first-order valence-electron chi connectivity index (χ1n) is 12.2. The Balaban J connectivity index is 1.23. The van der Waals surface area contributed by atoms with E-state index >= 15 is 0 Å². The molecule has 1 aliphatic heterocycles. The maximum atomic E-state index is 12.4. The van der Waals surface area contributed by atoms with Gasteiger partial charge in [-0.05, 0) is 73.3 Å². The number of nitrogens with one attached hydrogen (secondary N) is 3. The zero-order valence-electron chi connectivity index (χ0n) is 21.0. The molecule has 0 spiro atoms. The smallest absolute Gasteiger partial charge is 0.248 e. The van der Waals surface area contributed by atoms with E-state index in [9.17, 15) is 15.0 Å². The molecule has 5 rings (SSSR count). The van der Waals surface area contributed by atoms with Crippen LogP contribution in [0.1, 0.15) is 19.4 Å². The predicted molar refractivity (Wildman–Crippen MR) is 149 cm³/mol. The quantitative estimate of drug-likeness (QED) is 0.217. The standard InChI is InChI=1S/C27H29N7O3S/c1-27(2)24(36)33-26(37)34(27)14-13-30-25-29-12-9-20(32-25)22-16-18-15-19(4-5-21(18)38-22)31-23(35)6-3-17-7-10-28-11-8-17/h3-12,15-16,24,26,33,36-37H,13-14H2,1-2H3,(H,31,35)(H,29,30,32)/b6-3+. The number of benzene rings is 1. The van der Waals surface area contributed by atoms with Gasteiger partial charge in [0, 0.05) is 48.1 Å². The normalized spacial score (nSPS) is 19.3. The average molecular weight is 532 g/mol. The summed E-state index contributed by atoms with van der Waals surface area (Å²) >= 11 is 1.61. The Labute approximate surface area is 224 Å². The Morgan fingerprint density at radius 3 is 2.74 bits per heavy atom. The van der Waals surface area contributed by atoms with Crippen molar-refractivity contribution in [2.75, 3.05) is 23.7 Å². The number of aliphatic hydroxyl groups excluding tert-OH is 2. The highest BCUT2D eigenvalue weighted by Gasteiger charge is 2.45. The largest absolute Gasteiger partial charge is 0.377 e. The SMILES string of the molecule is CC1(C)C(O)NC(O)N1CCNc1nccc(-c2cc3cc(NC(=O)/C=C/c4ccncc4)ccc3s2)n1. The maximum absolute atomic E-state index is 12.4. The second-order valence-corrected chi connectivity index (χ2v) is 10.5. The number of carbonyl (C=O) groups is 1. The molecule has 38 heavy (non-hydrogen) atoms. The molecule has 4 aromatic rings. The van der Waals surface area contributed by atoms with E-state index in [1.165, 1.54) is 6.08 Å². The van der Waals surface area contributed by atoms with Crippen LogP contribution in [0.25, 0.3) is 26.7 Å². The Morgan fingerprint density at radius 2 is 1.97 bits per heavy atom. The minimum atomic E-state index is -0.917. The topological polar surface area (TPSA) is 136 Å². The van der Waals surface area contributed by atoms with E-state index in [0.717, 1.165) is 26.2 Å². The van der Waals surface area contributed by atoms with E-state index in [-0.39, 0.29) is 5.91 Å². The van der Waals surface area contributed by atoms with Crippen molar-refractivity contribution >= 4 is 45.0 Å². The molecule has 1 aromatic carbocycles. The van der Waals surface area contributed by atoms with Gasteiger partial charge in [0.25, 0.3) is 0 Å². The fourth-order valence-corrected chi connectivity index (χ4v) is 5.28. The van der Waals surface area contributed by atoms with E-state index in [2.05, 4.69) is 30.9 Å². The van der Waals surface area contributed by atoms with Crippen LogP contribution in [-0.2, 0) is 4.79 Å². The lowest BCUT2D eigenvalue weighted by Crippen LogP contribution is -2.49. The second kappa shape index (κ2) is 10.9. The van der Waals surface area contributed by atoms with Crippen molar-refractivity contribution in [1.29, 1.82) is 0 Å². The van der Waals surface area contributed by atoms with Gasteiger partial charge >= 0.3 is 0 Å². The van der Waals surface area contributed by atoms with Crippen LogP contribution in [-0.4, -0.2) is 67.2 Å². The highest BCUT2D eigenvalue weighted by atomic mass is 32.1. The summed E-state index contributed by atoms with van der Waals surface area (Å²) in [5.74, 6) is 0.271. The molecule has 5 N–H and O–H groups in total. The molecular weight excluding hydrogens is 502 g/mol. The summed E-state index contributed by atoms with van der Waals surface area (Å²) in [6, 6.07) is 13.4. The molecular formula is C27H29N7O3S. The first-order chi connectivity index (χ1) is 18.3. The molecule has 0 bridgehead atoms. The summed E-state index contributed by atoms with van der Waals surface area (Å²) in [4.78, 5) is 28.1. The summed E-state index contributed by atoms with van der Waals surface area (Å²) in [5, 5.41) is 30.1. The van der Waals surface area contributed by atoms with Gasteiger partial charge < -0.3 is 20.8 Å². The van der Waals surface area contributed by atoms with Crippen LogP contribution < -0.4 is 16.0 Å². The zero-order chi connectivity index (χ0) is 26.7. The number of hydrogen-bond acceptors (Lipinski definition) is 10. The number of aliphatic hydroxyl groups is 2. The third-order valence-corrected chi connectivity index (χ3v) is 7.61. The number of rotatable bonds is 8. The van der Waals surface area contributed by atoms with Crippen LogP contribution in [0.3, 0.4) is 0 Å². The van der Waals surface area contributed by atoms with Gasteiger partial charge in [0.15, 0.2) is 6.35 Å². The number of anilines is 2. The van der Waals surface area contributed by atoms with Gasteiger partial charge in [0.2, 0.25) is 11.9 Å². The fourth-order valence-electron chi connectivity index (χ4n) is 4.26. The molecule has 1 fully saturated rings. The fraction of sp³-hybridized carbons (Fsp3) is 0.259. The lowest BCUT2D eigenvalue weighted by molar-refractivity contribution is -0.111. The number of pyridine rings is 1. The molecule has 2 unspecified atom stereocenters. The number of carbonyl (C=O) groups excluding carboxylic acids is 1. The van der Waals surface area contributed by atoms with Crippen LogP contribution >= 0.6 is 11.3 Å². The number of thiophene rings is 1. The van der Waals surface area contributed by atoms with Gasteiger partial charge in [0.1, 0.15) is 6.23 Å². The van der Waals surface area contributed by atoms with Gasteiger partial charge in [-0.2, -0.15) is 0 Å². The second-order valence-electron chi connectivity index (χ2n) is 9.45. The Bertz CT molecular complexity index is 1460. The van der Waals surface area contributed by atoms with Crippen molar-refractivity contribution in [2.45, 2.75) is 32.0 Å². The number of amides is 1. The van der Waals surface area contributed by atoms with Crippen LogP contribution in [0.4, 0.5) is 11.6 Å². The average Bonchev–Trinajstić information content (AvgIpc) is 3.41. The minimum absolute atomic E-state index is 0.210. The van der Waals surface area contributed by atoms with Crippen molar-refractivity contribution < 1.29 is 15.0 Å². The van der Waals surface area contributed by atoms with E-state index < -0.39 is 18.1 Å². The molecule has 0 radical (unpaired) electrons. The van der Waals surface area contributed by atoms with Gasteiger partial charge in [-0.3, -0.25) is 20.0 Å². The molecule has 3 aromatic heterocycles. The Kier molecular flexibility index (Phi) is 7.45. The van der Waals surface area contributed by atoms with Crippen LogP contribution in [0.5, 0.6) is 0 Å². The molecule has 1 amide bonds. The van der Waals surface area contributed by atoms with E-state index in [1.807, 2.05) is 56.3 Å². The number of fused-ring (bicyclic) bond motifs is 1. The first-order valence-corrected chi connectivity index (χ1v) is 13.0. The first kappa shape index (κ1) is 25.9. The number of aromatic nitrogens is 3. The van der Waals surface area contributed by atoms with E-state index in [4.69, 9.17) is 0 Å². The summed E-state index contributed by atoms with van der Waals surface area (Å²) in [6.45, 7) is 4.72. The molecule has 196 valence electrons. The zero-order valence-corrected chi connectivity index (χ0v) is 21.8. The van der Waals surface area contributed by atoms with Gasteiger partial charge in [-0.1, -0.05) is 0 Å². The van der Waals surface area contributed by atoms with Crippen LogP contribution in [0.2, 0.25) is 0 Å². The Hall–Kier alpha value is -3.74. The molecule has 4 heterocycles. The van der Waals surface area contributed by atoms with E-state index in [1.54, 1.807) is 40.9 Å². The van der Waals surface area contributed by atoms with Crippen LogP contribution in [0.15, 0.2) is 67.1 Å². The Morgan fingerprint density at radius 1 is 1.16 bits per heavy atom. The summed E-state index contributed by atoms with van der Waals surface area (Å²) in [5.41, 5.74) is 1.80. The molecule has 11 heteroatoms. The monoisotopic (exact) mass is 531 g/mol. The highest BCUT2D eigenvalue weighted by Crippen LogP contribution is 2.34. The summed E-state index contributed by atoms with van der Waals surface area (Å²) in [6.07, 6.45) is 6.57. The molecule has 0 aliphatic carbocycles. The maximum Gasteiger partial charge on any atom is 0.248 e. The summed E-state index contributed by atoms with van der Waals surface area (Å²) in [7, 11) is 0. The van der Waals surface area contributed by atoms with E-state index in [0.29, 0.717) is 24.7 Å². The third kappa shape index (κ3) is 5.72. The van der Waals surface area contributed by atoms with Gasteiger partial charge in [-0.25, -0.2) is 9.97 Å². The third-order valence-electron chi connectivity index (χ3n) is 6.47. The number of hydrogen-bond donors (Lipinski definition) is 5. The molecule has 1 saturated heterocycles. The lowest BCUT2D eigenvalue weighted by atomic mass is 10.0. The van der Waals surface area contributed by atoms with Crippen molar-refractivity contribution in [3.8, 4) is 10.6 Å². The molecule has 2 atom stereocenters. The van der Waals surface area contributed by atoms with Crippen molar-refractivity contribution in [1.82, 2.24) is 25.2 Å². The predicted octanol–water partition coefficient (Wildman–Crippen LogP) is 3.10.